The van der Waals surface area contributed by atoms with Gasteiger partial charge in [-0.05, 0) is 31.4 Å². The van der Waals surface area contributed by atoms with Crippen molar-refractivity contribution in [1.82, 2.24) is 4.98 Å². The molecule has 1 heterocycles. The second-order valence-corrected chi connectivity index (χ2v) is 5.39. The molecule has 0 amide bonds. The average Bonchev–Trinajstić information content (AvgIpc) is 2.94. The number of hydrogen-bond acceptors (Lipinski definition) is 4. The number of para-hydroxylation sites is 1. The Kier molecular flexibility index (Phi) is 3.75. The van der Waals surface area contributed by atoms with Crippen molar-refractivity contribution in [3.05, 3.63) is 35.9 Å². The van der Waals surface area contributed by atoms with Gasteiger partial charge in [-0.2, -0.15) is 0 Å². The molecule has 21 heavy (non-hydrogen) atoms. The van der Waals surface area contributed by atoms with E-state index < -0.39 is 5.97 Å². The highest BCUT2D eigenvalue weighted by molar-refractivity contribution is 6.03. The van der Waals surface area contributed by atoms with Crippen LogP contribution in [-0.2, 0) is 4.74 Å². The summed E-state index contributed by atoms with van der Waals surface area (Å²) in [5.74, 6) is -0.314. The molecule has 1 saturated carbocycles. The Morgan fingerprint density at radius 3 is 2.90 bits per heavy atom. The van der Waals surface area contributed by atoms with E-state index in [9.17, 15) is 9.90 Å². The van der Waals surface area contributed by atoms with Crippen molar-refractivity contribution in [2.24, 2.45) is 0 Å². The molecule has 3 rings (SSSR count). The van der Waals surface area contributed by atoms with Gasteiger partial charge in [0.15, 0.2) is 0 Å². The number of carbonyl (C=O) groups is 1. The van der Waals surface area contributed by atoms with Crippen LogP contribution in [0, 0.1) is 0 Å². The van der Waals surface area contributed by atoms with E-state index in [0.717, 1.165) is 19.3 Å². The monoisotopic (exact) mass is 286 g/mol. The van der Waals surface area contributed by atoms with Crippen molar-refractivity contribution in [2.45, 2.75) is 31.4 Å². The summed E-state index contributed by atoms with van der Waals surface area (Å²) in [6.45, 7) is 0. The molecular weight excluding hydrogens is 268 g/mol. The summed E-state index contributed by atoms with van der Waals surface area (Å²) in [4.78, 5) is 15.9. The van der Waals surface area contributed by atoms with Gasteiger partial charge in [0.25, 0.3) is 0 Å². The molecule has 0 radical (unpaired) electrons. The Balaban J connectivity index is 1.91. The van der Waals surface area contributed by atoms with Crippen molar-refractivity contribution in [3.8, 4) is 0 Å². The van der Waals surface area contributed by atoms with Gasteiger partial charge in [0, 0.05) is 18.5 Å². The molecule has 1 aromatic heterocycles. The van der Waals surface area contributed by atoms with Crippen LogP contribution >= 0.6 is 0 Å². The van der Waals surface area contributed by atoms with E-state index in [0.29, 0.717) is 16.7 Å². The standard InChI is InChI=1S/C16H18N2O3/c1-21-11-7-6-10(8-11)17-15-9-13(16(19)20)12-4-2-3-5-14(12)18-15/h2-5,9-11H,6-8H2,1H3,(H,17,18)(H,19,20). The molecule has 0 bridgehead atoms. The van der Waals surface area contributed by atoms with Gasteiger partial charge in [-0.25, -0.2) is 9.78 Å². The first-order valence-electron chi connectivity index (χ1n) is 7.10. The van der Waals surface area contributed by atoms with Crippen molar-refractivity contribution in [1.29, 1.82) is 0 Å². The first-order chi connectivity index (χ1) is 10.2. The van der Waals surface area contributed by atoms with Crippen LogP contribution in [0.4, 0.5) is 5.82 Å². The van der Waals surface area contributed by atoms with E-state index in [1.165, 1.54) is 0 Å². The van der Waals surface area contributed by atoms with Gasteiger partial charge < -0.3 is 15.2 Å². The van der Waals surface area contributed by atoms with E-state index in [4.69, 9.17) is 4.74 Å². The van der Waals surface area contributed by atoms with Gasteiger partial charge in [-0.3, -0.25) is 0 Å². The topological polar surface area (TPSA) is 71.5 Å². The number of carboxylic acid groups (broad SMARTS) is 1. The second-order valence-electron chi connectivity index (χ2n) is 5.39. The number of hydrogen-bond donors (Lipinski definition) is 2. The minimum absolute atomic E-state index is 0.280. The third-order valence-electron chi connectivity index (χ3n) is 4.02. The first-order valence-corrected chi connectivity index (χ1v) is 7.10. The van der Waals surface area contributed by atoms with E-state index in [-0.39, 0.29) is 17.7 Å². The Labute approximate surface area is 123 Å². The maximum Gasteiger partial charge on any atom is 0.336 e. The number of ether oxygens (including phenoxy) is 1. The van der Waals surface area contributed by atoms with E-state index in [2.05, 4.69) is 10.3 Å². The normalized spacial score (nSPS) is 21.6. The summed E-state index contributed by atoms with van der Waals surface area (Å²) in [6, 6.07) is 9.20. The van der Waals surface area contributed by atoms with Crippen molar-refractivity contribution in [3.63, 3.8) is 0 Å². The minimum Gasteiger partial charge on any atom is -0.478 e. The Bertz CT molecular complexity index is 672. The van der Waals surface area contributed by atoms with Crippen LogP contribution in [0.25, 0.3) is 10.9 Å². The number of fused-ring (bicyclic) bond motifs is 1. The molecule has 1 aliphatic rings. The maximum atomic E-state index is 11.4. The molecule has 0 spiro atoms. The fourth-order valence-corrected chi connectivity index (χ4v) is 2.92. The smallest absolute Gasteiger partial charge is 0.336 e. The van der Waals surface area contributed by atoms with Crippen LogP contribution in [0.3, 0.4) is 0 Å². The predicted octanol–water partition coefficient (Wildman–Crippen LogP) is 2.91. The molecule has 2 N–H and O–H groups in total. The van der Waals surface area contributed by atoms with Crippen molar-refractivity contribution in [2.75, 3.05) is 12.4 Å². The highest BCUT2D eigenvalue weighted by Gasteiger charge is 2.25. The lowest BCUT2D eigenvalue weighted by atomic mass is 10.1. The van der Waals surface area contributed by atoms with Gasteiger partial charge in [0.1, 0.15) is 5.82 Å². The second kappa shape index (κ2) is 5.69. The third-order valence-corrected chi connectivity index (χ3v) is 4.02. The zero-order valence-electron chi connectivity index (χ0n) is 11.9. The van der Waals surface area contributed by atoms with Gasteiger partial charge in [-0.1, -0.05) is 18.2 Å². The van der Waals surface area contributed by atoms with Gasteiger partial charge >= 0.3 is 5.97 Å². The molecule has 1 aliphatic carbocycles. The summed E-state index contributed by atoms with van der Waals surface area (Å²) in [5, 5.41) is 13.4. The predicted molar refractivity (Wildman–Crippen MR) is 80.8 cm³/mol. The molecule has 1 aromatic carbocycles. The summed E-state index contributed by atoms with van der Waals surface area (Å²) in [6.07, 6.45) is 3.23. The number of aromatic nitrogens is 1. The van der Waals surface area contributed by atoms with E-state index >= 15 is 0 Å². The molecule has 1 fully saturated rings. The van der Waals surface area contributed by atoms with Crippen LogP contribution in [-0.4, -0.2) is 35.3 Å². The van der Waals surface area contributed by atoms with Crippen LogP contribution < -0.4 is 5.32 Å². The zero-order valence-corrected chi connectivity index (χ0v) is 11.9. The molecule has 5 heteroatoms. The summed E-state index contributed by atoms with van der Waals surface area (Å²) >= 11 is 0. The zero-order chi connectivity index (χ0) is 14.8. The van der Waals surface area contributed by atoms with Crippen molar-refractivity contribution < 1.29 is 14.6 Å². The largest absolute Gasteiger partial charge is 0.478 e. The Morgan fingerprint density at radius 2 is 2.19 bits per heavy atom. The van der Waals surface area contributed by atoms with Gasteiger partial charge in [0.05, 0.1) is 17.2 Å². The Morgan fingerprint density at radius 1 is 1.38 bits per heavy atom. The third kappa shape index (κ3) is 2.83. The molecule has 2 atom stereocenters. The number of nitrogens with zero attached hydrogens (tertiary/aromatic N) is 1. The van der Waals surface area contributed by atoms with Gasteiger partial charge in [-0.15, -0.1) is 0 Å². The number of aromatic carboxylic acids is 1. The summed E-state index contributed by atoms with van der Waals surface area (Å²) < 4.78 is 5.36. The molecule has 0 aliphatic heterocycles. The first kappa shape index (κ1) is 13.8. The number of pyridine rings is 1. The number of nitrogens with one attached hydrogen (secondary N) is 1. The Hall–Kier alpha value is -2.14. The van der Waals surface area contributed by atoms with E-state index in [1.807, 2.05) is 18.2 Å². The molecule has 5 nitrogen and oxygen atoms in total. The lowest BCUT2D eigenvalue weighted by molar-refractivity contribution is 0.0699. The molecule has 2 unspecified atom stereocenters. The summed E-state index contributed by atoms with van der Waals surface area (Å²) in [7, 11) is 1.73. The number of methoxy groups -OCH3 is 1. The van der Waals surface area contributed by atoms with E-state index in [1.54, 1.807) is 19.2 Å². The lowest BCUT2D eigenvalue weighted by Gasteiger charge is -2.15. The number of rotatable bonds is 4. The molecule has 110 valence electrons. The molecule has 0 saturated heterocycles. The molecular formula is C16H18N2O3. The highest BCUT2D eigenvalue weighted by Crippen LogP contribution is 2.26. The quantitative estimate of drug-likeness (QED) is 0.904. The summed E-state index contributed by atoms with van der Waals surface area (Å²) in [5.41, 5.74) is 0.977. The number of carboxylic acids is 1. The SMILES string of the molecule is COC1CCC(Nc2cc(C(=O)O)c3ccccc3n2)C1. The van der Waals surface area contributed by atoms with Crippen LogP contribution in [0.15, 0.2) is 30.3 Å². The number of anilines is 1. The number of benzene rings is 1. The minimum atomic E-state index is -0.933. The van der Waals surface area contributed by atoms with Gasteiger partial charge in [0.2, 0.25) is 0 Å². The molecule has 2 aromatic rings. The fourth-order valence-electron chi connectivity index (χ4n) is 2.92. The highest BCUT2D eigenvalue weighted by atomic mass is 16.5. The lowest BCUT2D eigenvalue weighted by Crippen LogP contribution is -2.18. The average molecular weight is 286 g/mol. The van der Waals surface area contributed by atoms with Crippen LogP contribution in [0.5, 0.6) is 0 Å². The van der Waals surface area contributed by atoms with Crippen LogP contribution in [0.1, 0.15) is 29.6 Å². The maximum absolute atomic E-state index is 11.4. The van der Waals surface area contributed by atoms with Crippen molar-refractivity contribution >= 4 is 22.7 Å². The fraction of sp³-hybridized carbons (Fsp3) is 0.375. The van der Waals surface area contributed by atoms with Crippen LogP contribution in [0.2, 0.25) is 0 Å².